The van der Waals surface area contributed by atoms with Gasteiger partial charge in [0, 0.05) is 44.1 Å². The van der Waals surface area contributed by atoms with Gasteiger partial charge in [-0.05, 0) is 11.4 Å². The van der Waals surface area contributed by atoms with Crippen LogP contribution in [0.3, 0.4) is 0 Å². The van der Waals surface area contributed by atoms with E-state index >= 15 is 0 Å². The maximum Gasteiger partial charge on any atom is 0.273 e. The van der Waals surface area contributed by atoms with Gasteiger partial charge in [-0.15, -0.1) is 28.8 Å². The first-order chi connectivity index (χ1) is 10.8. The predicted molar refractivity (Wildman–Crippen MR) is 92.3 cm³/mol. The van der Waals surface area contributed by atoms with E-state index in [0.29, 0.717) is 18.8 Å². The van der Waals surface area contributed by atoms with Crippen LogP contribution in [0.5, 0.6) is 0 Å². The van der Waals surface area contributed by atoms with Crippen molar-refractivity contribution in [3.8, 4) is 0 Å². The van der Waals surface area contributed by atoms with Crippen molar-refractivity contribution >= 4 is 29.7 Å². The summed E-state index contributed by atoms with van der Waals surface area (Å²) in [4.78, 5) is 15.6. The summed E-state index contributed by atoms with van der Waals surface area (Å²) in [6.07, 6.45) is 1.69. The van der Waals surface area contributed by atoms with Gasteiger partial charge >= 0.3 is 0 Å². The number of nitrogens with zero attached hydrogens (tertiary/aromatic N) is 4. The van der Waals surface area contributed by atoms with Crippen molar-refractivity contribution in [2.45, 2.75) is 6.54 Å². The molecular weight excluding hydrogens is 336 g/mol. The summed E-state index contributed by atoms with van der Waals surface area (Å²) in [6.45, 7) is 6.27. The molecule has 0 atom stereocenters. The third kappa shape index (κ3) is 5.28. The fourth-order valence-electron chi connectivity index (χ4n) is 2.39. The normalized spacial score (nSPS) is 15.1. The molecule has 2 aromatic heterocycles. The zero-order valence-electron chi connectivity index (χ0n) is 12.8. The molecule has 9 heteroatoms. The average molecular weight is 357 g/mol. The molecule has 1 saturated heterocycles. The van der Waals surface area contributed by atoms with Crippen LogP contribution in [0.4, 0.5) is 0 Å². The molecule has 23 heavy (non-hydrogen) atoms. The Hall–Kier alpha value is -1.48. The second-order valence-corrected chi connectivity index (χ2v) is 6.26. The van der Waals surface area contributed by atoms with Gasteiger partial charge in [-0.25, -0.2) is 4.68 Å². The summed E-state index contributed by atoms with van der Waals surface area (Å²) in [5.41, 5.74) is 0.372. The molecule has 1 aliphatic rings. The van der Waals surface area contributed by atoms with E-state index in [2.05, 4.69) is 25.8 Å². The van der Waals surface area contributed by atoms with Crippen molar-refractivity contribution in [3.63, 3.8) is 0 Å². The van der Waals surface area contributed by atoms with E-state index in [9.17, 15) is 4.79 Å². The highest BCUT2D eigenvalue weighted by atomic mass is 35.5. The van der Waals surface area contributed by atoms with E-state index in [4.69, 9.17) is 0 Å². The topological polar surface area (TPSA) is 75.1 Å². The van der Waals surface area contributed by atoms with Crippen LogP contribution in [0.2, 0.25) is 0 Å². The summed E-state index contributed by atoms with van der Waals surface area (Å²) < 4.78 is 1.69. The van der Waals surface area contributed by atoms with Crippen molar-refractivity contribution in [3.05, 3.63) is 34.3 Å². The van der Waals surface area contributed by atoms with E-state index < -0.39 is 0 Å². The van der Waals surface area contributed by atoms with Gasteiger partial charge in [0.2, 0.25) is 0 Å². The number of hydrogen-bond donors (Lipinski definition) is 2. The van der Waals surface area contributed by atoms with Crippen molar-refractivity contribution in [2.24, 2.45) is 0 Å². The Morgan fingerprint density at radius 2 is 2.22 bits per heavy atom. The van der Waals surface area contributed by atoms with Crippen LogP contribution in [-0.4, -0.2) is 65.1 Å². The highest BCUT2D eigenvalue weighted by Crippen LogP contribution is 2.09. The predicted octanol–water partition coefficient (Wildman–Crippen LogP) is 0.445. The number of halogens is 1. The number of rotatable bonds is 6. The molecule has 3 heterocycles. The van der Waals surface area contributed by atoms with Gasteiger partial charge in [-0.3, -0.25) is 9.69 Å². The number of carbonyl (C=O) groups is 1. The molecular formula is C14H21ClN6OS. The molecule has 7 nitrogen and oxygen atoms in total. The van der Waals surface area contributed by atoms with E-state index in [1.165, 1.54) is 4.88 Å². The van der Waals surface area contributed by atoms with Crippen LogP contribution in [0, 0.1) is 0 Å². The highest BCUT2D eigenvalue weighted by Gasteiger charge is 2.12. The lowest BCUT2D eigenvalue weighted by atomic mass is 10.3. The molecule has 2 N–H and O–H groups in total. The second-order valence-electron chi connectivity index (χ2n) is 5.23. The Morgan fingerprint density at radius 3 is 2.96 bits per heavy atom. The minimum atomic E-state index is -0.160. The Kier molecular flexibility index (Phi) is 6.97. The molecule has 0 spiro atoms. The first-order valence-electron chi connectivity index (χ1n) is 7.45. The summed E-state index contributed by atoms with van der Waals surface area (Å²) >= 11 is 1.67. The van der Waals surface area contributed by atoms with Crippen LogP contribution in [-0.2, 0) is 6.54 Å². The third-order valence-corrected chi connectivity index (χ3v) is 4.45. The Morgan fingerprint density at radius 1 is 1.39 bits per heavy atom. The number of amides is 1. The molecule has 1 fully saturated rings. The van der Waals surface area contributed by atoms with E-state index in [0.717, 1.165) is 32.7 Å². The molecule has 1 aliphatic heterocycles. The largest absolute Gasteiger partial charge is 0.349 e. The maximum absolute atomic E-state index is 12.0. The second kappa shape index (κ2) is 8.97. The van der Waals surface area contributed by atoms with Gasteiger partial charge in [0.25, 0.3) is 5.91 Å². The van der Waals surface area contributed by atoms with Crippen LogP contribution >= 0.6 is 23.7 Å². The molecule has 0 saturated carbocycles. The van der Waals surface area contributed by atoms with E-state index in [-0.39, 0.29) is 18.3 Å². The first-order valence-corrected chi connectivity index (χ1v) is 8.33. The first kappa shape index (κ1) is 17.9. The van der Waals surface area contributed by atoms with Crippen LogP contribution in [0.15, 0.2) is 23.7 Å². The molecule has 0 bridgehead atoms. The molecule has 126 valence electrons. The Labute approximate surface area is 145 Å². The van der Waals surface area contributed by atoms with Gasteiger partial charge in [-0.2, -0.15) is 0 Å². The van der Waals surface area contributed by atoms with Gasteiger partial charge < -0.3 is 10.6 Å². The molecule has 0 unspecified atom stereocenters. The quantitative estimate of drug-likeness (QED) is 0.785. The minimum Gasteiger partial charge on any atom is -0.349 e. The molecule has 1 amide bonds. The minimum absolute atomic E-state index is 0. The lowest BCUT2D eigenvalue weighted by Crippen LogP contribution is -2.46. The van der Waals surface area contributed by atoms with Gasteiger partial charge in [0.1, 0.15) is 0 Å². The number of hydrogen-bond acceptors (Lipinski definition) is 6. The number of aromatic nitrogens is 3. The standard InChI is InChI=1S/C14H20N6OS.ClH/c21-14(16-5-8-19-6-3-15-4-7-19)13-11-20(18-17-13)10-12-2-1-9-22-12;/h1-2,9,11,15H,3-8,10H2,(H,16,21);1H. The van der Waals surface area contributed by atoms with E-state index in [1.54, 1.807) is 22.2 Å². The number of carbonyl (C=O) groups excluding carboxylic acids is 1. The summed E-state index contributed by atoms with van der Waals surface area (Å²) in [5, 5.41) is 16.2. The van der Waals surface area contributed by atoms with Gasteiger partial charge in [-0.1, -0.05) is 11.3 Å². The summed E-state index contributed by atoms with van der Waals surface area (Å²) in [7, 11) is 0. The van der Waals surface area contributed by atoms with Crippen molar-refractivity contribution < 1.29 is 4.79 Å². The summed E-state index contributed by atoms with van der Waals surface area (Å²) in [6, 6.07) is 4.04. The molecule has 2 aromatic rings. The lowest BCUT2D eigenvalue weighted by molar-refractivity contribution is 0.0942. The zero-order chi connectivity index (χ0) is 15.2. The SMILES string of the molecule is Cl.O=C(NCCN1CCNCC1)c1cn(Cc2cccs2)nn1. The fraction of sp³-hybridized carbons (Fsp3) is 0.500. The van der Waals surface area contributed by atoms with E-state index in [1.807, 2.05) is 17.5 Å². The molecule has 0 radical (unpaired) electrons. The average Bonchev–Trinajstić information content (AvgIpc) is 3.21. The Balaban J connectivity index is 0.00000192. The monoisotopic (exact) mass is 356 g/mol. The van der Waals surface area contributed by atoms with Gasteiger partial charge in [0.15, 0.2) is 5.69 Å². The summed E-state index contributed by atoms with van der Waals surface area (Å²) in [5.74, 6) is -0.160. The molecule has 0 aliphatic carbocycles. The lowest BCUT2D eigenvalue weighted by Gasteiger charge is -2.26. The smallest absolute Gasteiger partial charge is 0.273 e. The highest BCUT2D eigenvalue weighted by molar-refractivity contribution is 7.09. The molecule has 3 rings (SSSR count). The fourth-order valence-corrected chi connectivity index (χ4v) is 3.09. The van der Waals surface area contributed by atoms with Crippen LogP contribution < -0.4 is 10.6 Å². The number of nitrogens with one attached hydrogen (secondary N) is 2. The third-order valence-electron chi connectivity index (χ3n) is 3.59. The number of piperazine rings is 1. The number of thiophene rings is 1. The van der Waals surface area contributed by atoms with Crippen LogP contribution in [0.25, 0.3) is 0 Å². The van der Waals surface area contributed by atoms with Gasteiger partial charge in [0.05, 0.1) is 12.7 Å². The van der Waals surface area contributed by atoms with Crippen LogP contribution in [0.1, 0.15) is 15.4 Å². The van der Waals surface area contributed by atoms with Crippen molar-refractivity contribution in [1.82, 2.24) is 30.5 Å². The van der Waals surface area contributed by atoms with Crippen molar-refractivity contribution in [1.29, 1.82) is 0 Å². The maximum atomic E-state index is 12.0. The molecule has 0 aromatic carbocycles. The van der Waals surface area contributed by atoms with Crippen molar-refractivity contribution in [2.75, 3.05) is 39.3 Å². The Bertz CT molecular complexity index is 596. The zero-order valence-corrected chi connectivity index (χ0v) is 14.4.